The second-order valence-electron chi connectivity index (χ2n) is 26.5. The minimum Gasteiger partial charge on any atom is -0.756 e. The van der Waals surface area contributed by atoms with Gasteiger partial charge >= 0.3 is 5.97 Å². The summed E-state index contributed by atoms with van der Waals surface area (Å²) >= 11 is 0. The topological polar surface area (TPSA) is 114 Å². The van der Waals surface area contributed by atoms with Gasteiger partial charge in [0.25, 0.3) is 7.82 Å². The minimum atomic E-state index is -4.70. The third-order valence-corrected chi connectivity index (χ3v) is 17.7. The second-order valence-corrected chi connectivity index (χ2v) is 27.9. The van der Waals surface area contributed by atoms with Crippen LogP contribution in [-0.4, -0.2) is 69.4 Å². The van der Waals surface area contributed by atoms with Gasteiger partial charge in [0.15, 0.2) is 0 Å². The first-order chi connectivity index (χ1) is 41.4. The lowest BCUT2D eigenvalue weighted by Gasteiger charge is -2.30. The Labute approximate surface area is 529 Å². The fourth-order valence-electron chi connectivity index (χ4n) is 11.1. The molecule has 0 rings (SSSR count). The number of nitrogens with zero attached hydrogens (tertiary/aromatic N) is 1. The molecule has 500 valence electrons. The van der Waals surface area contributed by atoms with Gasteiger partial charge in [-0.2, -0.15) is 0 Å². The molecule has 0 aromatic carbocycles. The van der Waals surface area contributed by atoms with E-state index in [0.717, 1.165) is 70.6 Å². The number of quaternary nitrogens is 1. The third-order valence-electron chi connectivity index (χ3n) is 16.8. The van der Waals surface area contributed by atoms with Gasteiger partial charge in [0.1, 0.15) is 19.3 Å². The van der Waals surface area contributed by atoms with E-state index in [9.17, 15) is 19.0 Å². The molecule has 0 aromatic heterocycles. The lowest BCUT2D eigenvalue weighted by Crippen LogP contribution is -2.47. The number of hydrogen-bond donors (Lipinski definition) is 1. The van der Waals surface area contributed by atoms with Crippen LogP contribution in [-0.2, 0) is 27.9 Å². The third kappa shape index (κ3) is 66.2. The molecule has 0 heterocycles. The highest BCUT2D eigenvalue weighted by molar-refractivity contribution is 7.45. The van der Waals surface area contributed by atoms with Gasteiger partial charge in [0, 0.05) is 12.8 Å². The maximum absolute atomic E-state index is 13.6. The minimum absolute atomic E-state index is 0.0199. The Morgan fingerprint density at radius 3 is 1.09 bits per heavy atom. The number of ether oxygens (including phenoxy) is 1. The van der Waals surface area contributed by atoms with Crippen LogP contribution in [0.3, 0.4) is 0 Å². The molecule has 1 amide bonds. The molecule has 0 spiro atoms. The normalized spacial score (nSPS) is 13.7. The summed E-state index contributed by atoms with van der Waals surface area (Å²) in [5.41, 5.74) is 0. The molecule has 0 bridgehead atoms. The summed E-state index contributed by atoms with van der Waals surface area (Å²) in [7, 11) is 1.20. The Morgan fingerprint density at radius 1 is 0.412 bits per heavy atom. The Balaban J connectivity index is 4.94. The van der Waals surface area contributed by atoms with E-state index in [2.05, 4.69) is 62.5 Å². The summed E-state index contributed by atoms with van der Waals surface area (Å²) < 4.78 is 30.5. The molecule has 0 saturated heterocycles. The molecule has 0 saturated carbocycles. The second kappa shape index (κ2) is 64.9. The molecule has 3 atom stereocenters. The van der Waals surface area contributed by atoms with Crippen LogP contribution in [0.4, 0.5) is 0 Å². The van der Waals surface area contributed by atoms with Gasteiger partial charge in [-0.25, -0.2) is 0 Å². The SMILES string of the molecule is CCCCC/C=C\C/C=C\C/C=C\CCCCCCCCCCCCCCCCC(=O)OC(/C=C/CCCCCCCCCCC)C(COP(=O)([O-])OCC[N+](C)(C)C)NC(=O)CCCCCCCCCCCCCCCCCCCCCCC. The van der Waals surface area contributed by atoms with Gasteiger partial charge in [-0.15, -0.1) is 0 Å². The largest absolute Gasteiger partial charge is 0.756 e. The molecular formula is C75H143N2O7P. The van der Waals surface area contributed by atoms with Gasteiger partial charge < -0.3 is 28.5 Å². The average molecular weight is 1220 g/mol. The number of phosphoric acid groups is 1. The summed E-state index contributed by atoms with van der Waals surface area (Å²) in [6.45, 7) is 6.87. The molecule has 85 heavy (non-hydrogen) atoms. The Bertz CT molecular complexity index is 1590. The van der Waals surface area contributed by atoms with E-state index in [4.69, 9.17) is 13.8 Å². The lowest BCUT2D eigenvalue weighted by atomic mass is 10.0. The maximum Gasteiger partial charge on any atom is 0.306 e. The van der Waals surface area contributed by atoms with Crippen LogP contribution >= 0.6 is 7.82 Å². The molecule has 0 aromatic rings. The summed E-state index contributed by atoms with van der Waals surface area (Å²) in [6.07, 6.45) is 82.4. The summed E-state index contributed by atoms with van der Waals surface area (Å²) in [4.78, 5) is 40.2. The molecule has 9 nitrogen and oxygen atoms in total. The highest BCUT2D eigenvalue weighted by Crippen LogP contribution is 2.38. The first-order valence-electron chi connectivity index (χ1n) is 36.9. The summed E-state index contributed by atoms with van der Waals surface area (Å²) in [5, 5.41) is 3.05. The highest BCUT2D eigenvalue weighted by Gasteiger charge is 2.27. The zero-order valence-corrected chi connectivity index (χ0v) is 58.2. The van der Waals surface area contributed by atoms with E-state index in [1.807, 2.05) is 33.3 Å². The monoisotopic (exact) mass is 1220 g/mol. The number of hydrogen-bond acceptors (Lipinski definition) is 7. The molecule has 0 fully saturated rings. The van der Waals surface area contributed by atoms with Crippen LogP contribution in [0, 0.1) is 0 Å². The van der Waals surface area contributed by atoms with Crippen molar-refractivity contribution in [2.45, 2.75) is 380 Å². The number of carbonyl (C=O) groups is 2. The number of phosphoric ester groups is 1. The Morgan fingerprint density at radius 2 is 0.718 bits per heavy atom. The number of amides is 1. The van der Waals surface area contributed by atoms with E-state index in [1.54, 1.807) is 0 Å². The number of likely N-dealkylation sites (N-methyl/N-ethyl adjacent to an activating group) is 1. The smallest absolute Gasteiger partial charge is 0.306 e. The zero-order valence-electron chi connectivity index (χ0n) is 57.3. The molecule has 3 unspecified atom stereocenters. The van der Waals surface area contributed by atoms with Crippen molar-refractivity contribution in [3.05, 3.63) is 48.6 Å². The van der Waals surface area contributed by atoms with Gasteiger partial charge in [-0.3, -0.25) is 14.2 Å². The first kappa shape index (κ1) is 83.0. The number of nitrogens with one attached hydrogen (secondary N) is 1. The van der Waals surface area contributed by atoms with Crippen LogP contribution in [0.2, 0.25) is 0 Å². The van der Waals surface area contributed by atoms with E-state index < -0.39 is 20.0 Å². The van der Waals surface area contributed by atoms with Crippen LogP contribution in [0.25, 0.3) is 0 Å². The predicted octanol–water partition coefficient (Wildman–Crippen LogP) is 22.9. The van der Waals surface area contributed by atoms with Crippen molar-refractivity contribution in [1.82, 2.24) is 5.32 Å². The lowest BCUT2D eigenvalue weighted by molar-refractivity contribution is -0.870. The van der Waals surface area contributed by atoms with Gasteiger partial charge in [-0.05, 0) is 70.3 Å². The molecule has 0 aliphatic carbocycles. The average Bonchev–Trinajstić information content (AvgIpc) is 3.59. The van der Waals surface area contributed by atoms with E-state index in [-0.39, 0.29) is 31.5 Å². The van der Waals surface area contributed by atoms with Crippen LogP contribution in [0.5, 0.6) is 0 Å². The number of allylic oxidation sites excluding steroid dienone is 7. The highest BCUT2D eigenvalue weighted by atomic mass is 31.2. The van der Waals surface area contributed by atoms with E-state index in [0.29, 0.717) is 17.4 Å². The van der Waals surface area contributed by atoms with E-state index in [1.165, 1.54) is 263 Å². The number of unbranched alkanes of at least 4 members (excludes halogenated alkanes) is 46. The van der Waals surface area contributed by atoms with Crippen LogP contribution in [0.15, 0.2) is 48.6 Å². The van der Waals surface area contributed by atoms with Crippen molar-refractivity contribution < 1.29 is 37.3 Å². The molecule has 1 N–H and O–H groups in total. The van der Waals surface area contributed by atoms with E-state index >= 15 is 0 Å². The quantitative estimate of drug-likeness (QED) is 0.0212. The molecule has 0 radical (unpaired) electrons. The first-order valence-corrected chi connectivity index (χ1v) is 38.4. The number of rotatable bonds is 68. The standard InChI is InChI=1S/C75H143N2O7P/c1-7-10-13-16-19-22-25-27-29-31-33-35-36-37-38-39-40-42-44-46-48-50-53-56-59-62-65-68-75(79)84-73(66-63-60-57-54-51-24-21-18-15-12-9-3)72(71-83-85(80,81)82-70-69-77(4,5)6)76-74(78)67-64-61-58-55-52-49-47-45-43-41-34-32-30-28-26-23-20-17-14-11-8-2/h19,22,27,29,33,35,63,66,72-73H,7-18,20-21,23-26,28,30-32,34,36-62,64-65,67-71H2,1-6H3,(H-,76,78,80,81)/b22-19-,29-27-,35-33-,66-63+. The van der Waals surface area contributed by atoms with Gasteiger partial charge in [0.2, 0.25) is 5.91 Å². The summed E-state index contributed by atoms with van der Waals surface area (Å²) in [5.74, 6) is -0.523. The Hall–Kier alpha value is -2.03. The fourth-order valence-corrected chi connectivity index (χ4v) is 11.8. The van der Waals surface area contributed by atoms with Gasteiger partial charge in [-0.1, -0.05) is 333 Å². The number of carbonyl (C=O) groups excluding carboxylic acids is 2. The van der Waals surface area contributed by atoms with Crippen molar-refractivity contribution >= 4 is 19.7 Å². The van der Waals surface area contributed by atoms with Gasteiger partial charge in [0.05, 0.1) is 33.8 Å². The van der Waals surface area contributed by atoms with Crippen LogP contribution < -0.4 is 10.2 Å². The van der Waals surface area contributed by atoms with Crippen molar-refractivity contribution in [1.29, 1.82) is 0 Å². The molecule has 0 aliphatic rings. The predicted molar refractivity (Wildman–Crippen MR) is 367 cm³/mol. The van der Waals surface area contributed by atoms with Crippen LogP contribution in [0.1, 0.15) is 367 Å². The molecule has 0 aliphatic heterocycles. The molecular weight excluding hydrogens is 1070 g/mol. The fraction of sp³-hybridized carbons (Fsp3) is 0.867. The zero-order chi connectivity index (χ0) is 62.1. The number of esters is 1. The van der Waals surface area contributed by atoms with Crippen molar-refractivity contribution in [3.63, 3.8) is 0 Å². The summed E-state index contributed by atoms with van der Waals surface area (Å²) in [6, 6.07) is -0.886. The maximum atomic E-state index is 13.6. The van der Waals surface area contributed by atoms with Crippen molar-refractivity contribution in [2.24, 2.45) is 0 Å². The Kier molecular flexibility index (Phi) is 63.4. The van der Waals surface area contributed by atoms with Crippen molar-refractivity contribution in [3.8, 4) is 0 Å². The van der Waals surface area contributed by atoms with Crippen molar-refractivity contribution in [2.75, 3.05) is 40.9 Å². The molecule has 10 heteroatoms.